The lowest BCUT2D eigenvalue weighted by Gasteiger charge is -2.21. The zero-order chi connectivity index (χ0) is 22.0. The smallest absolute Gasteiger partial charge is 0.342 e. The normalized spacial score (nSPS) is 13.1. The molecule has 1 aliphatic heterocycles. The Hall–Kier alpha value is -3.13. The lowest BCUT2D eigenvalue weighted by Crippen LogP contribution is -2.15. The van der Waals surface area contributed by atoms with E-state index in [1.807, 2.05) is 33.8 Å². The number of fused-ring (bicyclic) bond motifs is 1. The van der Waals surface area contributed by atoms with Crippen molar-refractivity contribution in [3.05, 3.63) is 62.2 Å². The number of carbonyl (C=O) groups is 1. The fourth-order valence-electron chi connectivity index (χ4n) is 3.32. The number of rotatable bonds is 6. The lowest BCUT2D eigenvalue weighted by molar-refractivity contribution is -0.385. The second-order valence-electron chi connectivity index (χ2n) is 7.85. The summed E-state index contributed by atoms with van der Waals surface area (Å²) in [4.78, 5) is 23.5. The molecule has 0 bridgehead atoms. The summed E-state index contributed by atoms with van der Waals surface area (Å²) in [6.07, 6.45) is 0. The Bertz CT molecular complexity index is 982. The van der Waals surface area contributed by atoms with Gasteiger partial charge in [-0.1, -0.05) is 33.8 Å². The maximum atomic E-state index is 12.8. The van der Waals surface area contributed by atoms with Crippen LogP contribution in [0.2, 0.25) is 0 Å². The summed E-state index contributed by atoms with van der Waals surface area (Å²) < 4.78 is 16.1. The van der Waals surface area contributed by atoms with Crippen LogP contribution >= 0.6 is 0 Å². The maximum absolute atomic E-state index is 12.8. The summed E-state index contributed by atoms with van der Waals surface area (Å²) in [6, 6.07) is 6.22. The molecule has 1 aliphatic rings. The van der Waals surface area contributed by atoms with Crippen molar-refractivity contribution in [2.75, 3.05) is 6.79 Å². The van der Waals surface area contributed by atoms with Crippen molar-refractivity contribution in [3.8, 4) is 11.5 Å². The van der Waals surface area contributed by atoms with Crippen molar-refractivity contribution in [2.24, 2.45) is 0 Å². The lowest BCUT2D eigenvalue weighted by atomic mass is 9.92. The molecule has 8 heteroatoms. The van der Waals surface area contributed by atoms with Gasteiger partial charge in [0, 0.05) is 23.3 Å². The fourth-order valence-corrected chi connectivity index (χ4v) is 3.32. The summed E-state index contributed by atoms with van der Waals surface area (Å²) >= 11 is 0. The van der Waals surface area contributed by atoms with Gasteiger partial charge in [-0.05, 0) is 29.0 Å². The average Bonchev–Trinajstić information content (AvgIpc) is 2.71. The number of nitro benzene ring substituents is 1. The highest BCUT2D eigenvalue weighted by molar-refractivity contribution is 5.93. The zero-order valence-electron chi connectivity index (χ0n) is 17.4. The van der Waals surface area contributed by atoms with Gasteiger partial charge < -0.3 is 19.3 Å². The van der Waals surface area contributed by atoms with Crippen molar-refractivity contribution in [2.45, 2.75) is 52.7 Å². The molecule has 0 spiro atoms. The number of esters is 1. The topological polar surface area (TPSA) is 108 Å². The van der Waals surface area contributed by atoms with Crippen LogP contribution in [0.3, 0.4) is 0 Å². The van der Waals surface area contributed by atoms with Crippen molar-refractivity contribution in [3.63, 3.8) is 0 Å². The molecule has 1 N–H and O–H groups in total. The van der Waals surface area contributed by atoms with Crippen LogP contribution in [0, 0.1) is 10.1 Å². The highest BCUT2D eigenvalue weighted by Crippen LogP contribution is 2.35. The number of ether oxygens (including phenoxy) is 3. The quantitative estimate of drug-likeness (QED) is 0.411. The summed E-state index contributed by atoms with van der Waals surface area (Å²) in [5.74, 6) is -0.212. The van der Waals surface area contributed by atoms with Crippen LogP contribution in [0.15, 0.2) is 24.3 Å². The molecule has 8 nitrogen and oxygen atoms in total. The first-order valence-corrected chi connectivity index (χ1v) is 9.73. The van der Waals surface area contributed by atoms with Gasteiger partial charge in [-0.25, -0.2) is 4.79 Å². The number of carbonyl (C=O) groups excluding carboxylic acids is 1. The van der Waals surface area contributed by atoms with E-state index in [-0.39, 0.29) is 48.8 Å². The van der Waals surface area contributed by atoms with E-state index in [0.29, 0.717) is 22.4 Å². The molecule has 0 saturated carbocycles. The number of phenolic OH excluding ortho intramolecular Hbond substituents is 1. The van der Waals surface area contributed by atoms with Gasteiger partial charge in [0.25, 0.3) is 5.69 Å². The molecule has 0 aliphatic carbocycles. The molecule has 160 valence electrons. The molecule has 1 heterocycles. The van der Waals surface area contributed by atoms with Crippen LogP contribution < -0.4 is 4.74 Å². The van der Waals surface area contributed by atoms with E-state index < -0.39 is 10.9 Å². The van der Waals surface area contributed by atoms with Crippen molar-refractivity contribution in [1.29, 1.82) is 0 Å². The molecule has 0 amide bonds. The number of aromatic hydroxyl groups is 1. The van der Waals surface area contributed by atoms with E-state index in [1.54, 1.807) is 6.07 Å². The van der Waals surface area contributed by atoms with Crippen LogP contribution in [0.4, 0.5) is 5.69 Å². The average molecular weight is 415 g/mol. The number of nitrogens with zero attached hydrogens (tertiary/aromatic N) is 1. The van der Waals surface area contributed by atoms with Crippen LogP contribution in [-0.4, -0.2) is 22.8 Å². The van der Waals surface area contributed by atoms with E-state index in [9.17, 15) is 20.0 Å². The van der Waals surface area contributed by atoms with Crippen LogP contribution in [0.5, 0.6) is 11.5 Å². The molecular formula is C22H25NO7. The Morgan fingerprint density at radius 2 is 1.93 bits per heavy atom. The predicted octanol–water partition coefficient (Wildman–Crippen LogP) is 4.77. The second-order valence-corrected chi connectivity index (χ2v) is 7.85. The predicted molar refractivity (Wildman–Crippen MR) is 109 cm³/mol. The number of benzene rings is 2. The molecule has 30 heavy (non-hydrogen) atoms. The Morgan fingerprint density at radius 1 is 1.20 bits per heavy atom. The molecular weight excluding hydrogens is 390 g/mol. The van der Waals surface area contributed by atoms with Crippen molar-refractivity contribution < 1.29 is 29.0 Å². The minimum Gasteiger partial charge on any atom is -0.507 e. The molecule has 0 fully saturated rings. The first kappa shape index (κ1) is 21.6. The third kappa shape index (κ3) is 4.38. The van der Waals surface area contributed by atoms with Gasteiger partial charge in [-0.2, -0.15) is 0 Å². The Kier molecular flexibility index (Phi) is 6.26. The van der Waals surface area contributed by atoms with Crippen LogP contribution in [-0.2, 0) is 22.7 Å². The third-order valence-electron chi connectivity index (χ3n) is 5.01. The summed E-state index contributed by atoms with van der Waals surface area (Å²) in [5, 5.41) is 21.8. The Balaban J connectivity index is 1.91. The second kappa shape index (κ2) is 8.71. The summed E-state index contributed by atoms with van der Waals surface area (Å²) in [6.45, 7) is 7.83. The van der Waals surface area contributed by atoms with Gasteiger partial charge in [0.15, 0.2) is 6.79 Å². The molecule has 0 radical (unpaired) electrons. The highest BCUT2D eigenvalue weighted by atomic mass is 16.7. The van der Waals surface area contributed by atoms with Crippen molar-refractivity contribution in [1.82, 2.24) is 0 Å². The number of hydrogen-bond donors (Lipinski definition) is 1. The summed E-state index contributed by atoms with van der Waals surface area (Å²) in [5.41, 5.74) is 2.42. The largest absolute Gasteiger partial charge is 0.507 e. The standard InChI is InChI=1S/C22H25NO7/c1-12(2)14-7-18(13(3)4)20(24)19(8-14)22(25)29-10-16-6-17(23(26)27)5-15-9-28-11-30-21(15)16/h5-8,12-13,24H,9-11H2,1-4H3. The molecule has 0 aromatic heterocycles. The summed E-state index contributed by atoms with van der Waals surface area (Å²) in [7, 11) is 0. The minimum absolute atomic E-state index is 0.0146. The Morgan fingerprint density at radius 3 is 2.57 bits per heavy atom. The number of nitro groups is 1. The van der Waals surface area contributed by atoms with Gasteiger partial charge >= 0.3 is 5.97 Å². The zero-order valence-corrected chi connectivity index (χ0v) is 17.4. The molecule has 0 atom stereocenters. The van der Waals surface area contributed by atoms with E-state index in [1.165, 1.54) is 12.1 Å². The van der Waals surface area contributed by atoms with E-state index in [4.69, 9.17) is 14.2 Å². The fraction of sp³-hybridized carbons (Fsp3) is 0.409. The van der Waals surface area contributed by atoms with Gasteiger partial charge in [-0.3, -0.25) is 10.1 Å². The molecule has 3 rings (SSSR count). The first-order chi connectivity index (χ1) is 14.2. The molecule has 2 aromatic carbocycles. The Labute approximate surface area is 174 Å². The number of non-ortho nitro benzene ring substituents is 1. The maximum Gasteiger partial charge on any atom is 0.342 e. The van der Waals surface area contributed by atoms with E-state index in [0.717, 1.165) is 5.56 Å². The monoisotopic (exact) mass is 415 g/mol. The van der Waals surface area contributed by atoms with Gasteiger partial charge in [0.1, 0.15) is 23.7 Å². The minimum atomic E-state index is -0.704. The number of hydrogen-bond acceptors (Lipinski definition) is 7. The van der Waals surface area contributed by atoms with E-state index in [2.05, 4.69) is 0 Å². The first-order valence-electron chi connectivity index (χ1n) is 9.73. The van der Waals surface area contributed by atoms with Crippen LogP contribution in [0.25, 0.3) is 0 Å². The van der Waals surface area contributed by atoms with E-state index >= 15 is 0 Å². The highest BCUT2D eigenvalue weighted by Gasteiger charge is 2.24. The molecule has 2 aromatic rings. The number of phenols is 1. The van der Waals surface area contributed by atoms with Crippen LogP contribution in [0.1, 0.15) is 72.1 Å². The van der Waals surface area contributed by atoms with Gasteiger partial charge in [0.05, 0.1) is 11.5 Å². The van der Waals surface area contributed by atoms with Gasteiger partial charge in [-0.15, -0.1) is 0 Å². The molecule has 0 unspecified atom stereocenters. The van der Waals surface area contributed by atoms with Crippen molar-refractivity contribution >= 4 is 11.7 Å². The third-order valence-corrected chi connectivity index (χ3v) is 5.01. The SMILES string of the molecule is CC(C)c1cc(C(=O)OCc2cc([N+](=O)[O-])cc3c2OCOC3)c(O)c(C(C)C)c1. The van der Waals surface area contributed by atoms with Gasteiger partial charge in [0.2, 0.25) is 0 Å². The molecule has 0 saturated heterocycles.